The molecule has 1 N–H and O–H groups in total. The first-order valence-corrected chi connectivity index (χ1v) is 9.37. The zero-order valence-electron chi connectivity index (χ0n) is 14.2. The van der Waals surface area contributed by atoms with Gasteiger partial charge in [0.25, 0.3) is 0 Å². The van der Waals surface area contributed by atoms with Crippen molar-refractivity contribution in [3.05, 3.63) is 17.7 Å². The van der Waals surface area contributed by atoms with Crippen LogP contribution in [0.5, 0.6) is 0 Å². The molecular formula is C14H28N2O5Si. The Morgan fingerprint density at radius 1 is 1.27 bits per heavy atom. The Labute approximate surface area is 133 Å². The van der Waals surface area contributed by atoms with Gasteiger partial charge in [0.1, 0.15) is 5.82 Å². The summed E-state index contributed by atoms with van der Waals surface area (Å²) in [4.78, 5) is 4.41. The minimum absolute atomic E-state index is 0.252. The molecule has 0 aliphatic carbocycles. The van der Waals surface area contributed by atoms with Crippen molar-refractivity contribution in [1.82, 2.24) is 9.55 Å². The van der Waals surface area contributed by atoms with Crippen molar-refractivity contribution < 1.29 is 23.1 Å². The number of nitrogens with zero attached hydrogens (tertiary/aromatic N) is 2. The van der Waals surface area contributed by atoms with Crippen molar-refractivity contribution in [2.45, 2.75) is 39.0 Å². The second-order valence-electron chi connectivity index (χ2n) is 5.08. The van der Waals surface area contributed by atoms with Gasteiger partial charge in [-0.15, -0.1) is 0 Å². The van der Waals surface area contributed by atoms with Crippen molar-refractivity contribution in [3.8, 4) is 0 Å². The number of aliphatic hydroxyl groups excluding tert-OH is 1. The number of aryl methyl sites for hydroxylation is 2. The largest absolute Gasteiger partial charge is 0.502 e. The quantitative estimate of drug-likeness (QED) is 0.481. The topological polar surface area (TPSA) is 75.0 Å². The molecule has 0 amide bonds. The Kier molecular flexibility index (Phi) is 8.22. The third kappa shape index (κ3) is 5.45. The Morgan fingerprint density at radius 3 is 2.45 bits per heavy atom. The first-order chi connectivity index (χ1) is 10.5. The van der Waals surface area contributed by atoms with E-state index in [0.29, 0.717) is 19.2 Å². The van der Waals surface area contributed by atoms with Crippen LogP contribution in [0.3, 0.4) is 0 Å². The van der Waals surface area contributed by atoms with Crippen LogP contribution in [-0.4, -0.2) is 64.1 Å². The molecule has 0 bridgehead atoms. The number of ether oxygens (including phenoxy) is 1. The Hall–Kier alpha value is -0.773. The maximum Gasteiger partial charge on any atom is 0.502 e. The summed E-state index contributed by atoms with van der Waals surface area (Å²) in [5, 5.41) is 10.1. The Balaban J connectivity index is 2.36. The van der Waals surface area contributed by atoms with Crippen molar-refractivity contribution in [3.63, 3.8) is 0 Å². The summed E-state index contributed by atoms with van der Waals surface area (Å²) in [6, 6.07) is 0.549. The van der Waals surface area contributed by atoms with Crippen LogP contribution < -0.4 is 0 Å². The van der Waals surface area contributed by atoms with E-state index in [4.69, 9.17) is 18.0 Å². The van der Waals surface area contributed by atoms with Gasteiger partial charge in [-0.25, -0.2) is 4.98 Å². The molecule has 1 heterocycles. The molecule has 0 aromatic carbocycles. The molecule has 0 fully saturated rings. The summed E-state index contributed by atoms with van der Waals surface area (Å²) in [5.41, 5.74) is 0.959. The molecule has 128 valence electrons. The molecule has 1 aromatic heterocycles. The molecule has 1 unspecified atom stereocenters. The minimum Gasteiger partial charge on any atom is -0.389 e. The average molecular weight is 332 g/mol. The normalized spacial score (nSPS) is 13.5. The maximum absolute atomic E-state index is 10.1. The van der Waals surface area contributed by atoms with Crippen LogP contribution >= 0.6 is 0 Å². The van der Waals surface area contributed by atoms with Gasteiger partial charge in [0, 0.05) is 40.0 Å². The minimum atomic E-state index is -2.60. The highest BCUT2D eigenvalue weighted by atomic mass is 28.4. The molecule has 0 aliphatic rings. The van der Waals surface area contributed by atoms with E-state index in [1.54, 1.807) is 21.3 Å². The molecule has 1 rings (SSSR count). The van der Waals surface area contributed by atoms with Crippen molar-refractivity contribution >= 4 is 8.80 Å². The summed E-state index contributed by atoms with van der Waals surface area (Å²) >= 11 is 0. The van der Waals surface area contributed by atoms with E-state index in [1.165, 1.54) is 0 Å². The van der Waals surface area contributed by atoms with Gasteiger partial charge in [-0.2, -0.15) is 0 Å². The number of aromatic nitrogens is 2. The number of aliphatic hydroxyl groups is 1. The number of hydrogen-bond acceptors (Lipinski definition) is 6. The SMILES string of the molecule is CCc1nc(C)cn1CC(O)COCC[Si](OC)(OC)OC. The first kappa shape index (κ1) is 19.3. The molecule has 0 spiro atoms. The lowest BCUT2D eigenvalue weighted by Crippen LogP contribution is -2.43. The molecule has 22 heavy (non-hydrogen) atoms. The summed E-state index contributed by atoms with van der Waals surface area (Å²) < 4.78 is 23.4. The van der Waals surface area contributed by atoms with Crippen LogP contribution in [0.1, 0.15) is 18.4 Å². The number of hydrogen-bond donors (Lipinski definition) is 1. The van der Waals surface area contributed by atoms with Crippen LogP contribution in [0, 0.1) is 6.92 Å². The fourth-order valence-corrected chi connectivity index (χ4v) is 3.80. The van der Waals surface area contributed by atoms with E-state index in [2.05, 4.69) is 4.98 Å². The highest BCUT2D eigenvalue weighted by Crippen LogP contribution is 2.12. The lowest BCUT2D eigenvalue weighted by molar-refractivity contribution is 0.0260. The predicted octanol–water partition coefficient (Wildman–Crippen LogP) is 1.01. The summed E-state index contributed by atoms with van der Waals surface area (Å²) in [7, 11) is 2.12. The third-order valence-corrected chi connectivity index (χ3v) is 6.18. The van der Waals surface area contributed by atoms with Crippen LogP contribution in [0.25, 0.3) is 0 Å². The van der Waals surface area contributed by atoms with Crippen LogP contribution in [0.15, 0.2) is 6.20 Å². The molecule has 8 heteroatoms. The average Bonchev–Trinajstić information content (AvgIpc) is 2.88. The van der Waals surface area contributed by atoms with Gasteiger partial charge in [0.15, 0.2) is 0 Å². The standard InChI is InChI=1S/C14H28N2O5Si/c1-6-14-15-12(2)9-16(14)10-13(17)11-21-7-8-22(18-3,19-4)20-5/h9,13,17H,6-8,10-11H2,1-5H3. The zero-order chi connectivity index (χ0) is 16.6. The molecule has 0 aliphatic heterocycles. The molecule has 1 atom stereocenters. The molecule has 7 nitrogen and oxygen atoms in total. The van der Waals surface area contributed by atoms with Crippen molar-refractivity contribution in [2.75, 3.05) is 34.5 Å². The number of rotatable bonds is 11. The highest BCUT2D eigenvalue weighted by Gasteiger charge is 2.37. The predicted molar refractivity (Wildman–Crippen MR) is 84.8 cm³/mol. The lowest BCUT2D eigenvalue weighted by atomic mass is 10.3. The Morgan fingerprint density at radius 2 is 1.91 bits per heavy atom. The lowest BCUT2D eigenvalue weighted by Gasteiger charge is -2.24. The van der Waals surface area contributed by atoms with E-state index in [0.717, 1.165) is 17.9 Å². The van der Waals surface area contributed by atoms with Gasteiger partial charge in [-0.3, -0.25) is 0 Å². The van der Waals surface area contributed by atoms with Crippen molar-refractivity contribution in [2.24, 2.45) is 0 Å². The van der Waals surface area contributed by atoms with E-state index >= 15 is 0 Å². The van der Waals surface area contributed by atoms with E-state index < -0.39 is 14.9 Å². The zero-order valence-corrected chi connectivity index (χ0v) is 15.2. The van der Waals surface area contributed by atoms with Crippen molar-refractivity contribution in [1.29, 1.82) is 0 Å². The van der Waals surface area contributed by atoms with Crippen LogP contribution in [0.4, 0.5) is 0 Å². The van der Waals surface area contributed by atoms with Gasteiger partial charge in [0.2, 0.25) is 0 Å². The maximum atomic E-state index is 10.1. The van der Waals surface area contributed by atoms with Gasteiger partial charge in [-0.1, -0.05) is 6.92 Å². The summed E-state index contributed by atoms with van der Waals surface area (Å²) in [5.74, 6) is 0.973. The van der Waals surface area contributed by atoms with Gasteiger partial charge in [0.05, 0.1) is 31.6 Å². The molecule has 0 radical (unpaired) electrons. The Bertz CT molecular complexity index is 429. The third-order valence-electron chi connectivity index (χ3n) is 3.50. The second kappa shape index (κ2) is 9.38. The van der Waals surface area contributed by atoms with E-state index in [-0.39, 0.29) is 6.61 Å². The number of imidazole rings is 1. The molecule has 0 saturated carbocycles. The fraction of sp³-hybridized carbons (Fsp3) is 0.786. The van der Waals surface area contributed by atoms with Crippen LogP contribution in [-0.2, 0) is 31.0 Å². The van der Waals surface area contributed by atoms with Crippen LogP contribution in [0.2, 0.25) is 6.04 Å². The smallest absolute Gasteiger partial charge is 0.389 e. The van der Waals surface area contributed by atoms with Gasteiger partial charge >= 0.3 is 8.80 Å². The first-order valence-electron chi connectivity index (χ1n) is 7.44. The van der Waals surface area contributed by atoms with E-state index in [9.17, 15) is 5.11 Å². The molecule has 0 saturated heterocycles. The highest BCUT2D eigenvalue weighted by molar-refractivity contribution is 6.60. The van der Waals surface area contributed by atoms with Gasteiger partial charge < -0.3 is 27.7 Å². The summed E-state index contributed by atoms with van der Waals surface area (Å²) in [6.45, 7) is 5.14. The fourth-order valence-electron chi connectivity index (χ4n) is 2.29. The van der Waals surface area contributed by atoms with E-state index in [1.807, 2.05) is 24.6 Å². The van der Waals surface area contributed by atoms with Gasteiger partial charge in [-0.05, 0) is 6.92 Å². The second-order valence-corrected chi connectivity index (χ2v) is 8.17. The summed E-state index contributed by atoms with van der Waals surface area (Å²) in [6.07, 6.45) is 2.20. The molecular weight excluding hydrogens is 304 g/mol. The molecule has 1 aromatic rings. The monoisotopic (exact) mass is 332 g/mol.